The van der Waals surface area contributed by atoms with Crippen LogP contribution in [-0.2, 0) is 0 Å². The summed E-state index contributed by atoms with van der Waals surface area (Å²) in [5, 5.41) is 68.9. The van der Waals surface area contributed by atoms with E-state index < -0.39 is 42.0 Å². The Labute approximate surface area is 628 Å². The minimum Gasteiger partial charge on any atom is -0.392 e. The highest BCUT2D eigenvalue weighted by Gasteiger charge is 2.26. The van der Waals surface area contributed by atoms with Crippen molar-refractivity contribution in [2.45, 2.75) is 107 Å². The number of thiazole rings is 3. The summed E-state index contributed by atoms with van der Waals surface area (Å²) >= 11 is 19.2. The van der Waals surface area contributed by atoms with E-state index in [1.165, 1.54) is 0 Å². The van der Waals surface area contributed by atoms with Crippen LogP contribution in [0.3, 0.4) is 0 Å². The number of hydrogen-bond donors (Lipinski definition) is 17. The molecule has 0 saturated heterocycles. The van der Waals surface area contributed by atoms with E-state index in [9.17, 15) is 39.0 Å². The van der Waals surface area contributed by atoms with Gasteiger partial charge in [0.05, 0.1) is 57.8 Å². The number of anilines is 9. The van der Waals surface area contributed by atoms with Crippen molar-refractivity contribution < 1.29 is 39.9 Å². The van der Waals surface area contributed by atoms with E-state index in [1.54, 1.807) is 33.8 Å². The van der Waals surface area contributed by atoms with Gasteiger partial charge in [-0.2, -0.15) is 0 Å². The molecule has 4 aromatic carbocycles. The maximum absolute atomic E-state index is 13.2. The van der Waals surface area contributed by atoms with Crippen LogP contribution in [0.15, 0.2) is 84.0 Å². The third-order valence-electron chi connectivity index (χ3n) is 15.3. The number of carbonyl (C=O) groups excluding carboxylic acids is 3. The average molecular weight is 1570 g/mol. The lowest BCUT2D eigenvalue weighted by molar-refractivity contribution is -0.0310. The Morgan fingerprint density at radius 3 is 1.47 bits per heavy atom. The Hall–Kier alpha value is -9.52. The predicted molar refractivity (Wildman–Crippen MR) is 419 cm³/mol. The van der Waals surface area contributed by atoms with E-state index in [4.69, 9.17) is 55.7 Å². The van der Waals surface area contributed by atoms with Gasteiger partial charge in [-0.05, 0) is 172 Å². The lowest BCUT2D eigenvalue weighted by Gasteiger charge is -2.14. The van der Waals surface area contributed by atoms with Crippen molar-refractivity contribution in [3.05, 3.63) is 177 Å². The van der Waals surface area contributed by atoms with Gasteiger partial charge in [-0.25, -0.2) is 24.9 Å². The van der Waals surface area contributed by atoms with Crippen LogP contribution in [0.25, 0.3) is 10.8 Å². The molecule has 3 amide bonds. The molecule has 20 N–H and O–H groups in total. The molecular formula is C67H72Cl2N18O11S6. The number of rotatable bonds is 21. The molecule has 1 aliphatic carbocycles. The number of hydrogen-bond acceptors (Lipinski definition) is 26. The molecule has 546 valence electrons. The third kappa shape index (κ3) is 19.4. The Morgan fingerprint density at radius 1 is 0.606 bits per heavy atom. The van der Waals surface area contributed by atoms with Crippen LogP contribution in [-0.4, -0.2) is 121 Å². The quantitative estimate of drug-likeness (QED) is 0.0138. The van der Waals surface area contributed by atoms with Crippen LogP contribution in [0.2, 0.25) is 10.0 Å². The van der Waals surface area contributed by atoms with E-state index in [2.05, 4.69) is 101 Å². The maximum atomic E-state index is 13.2. The van der Waals surface area contributed by atoms with Crippen molar-refractivity contribution in [2.24, 2.45) is 38.1 Å². The largest absolute Gasteiger partial charge is 0.392 e. The standard InChI is InChI=1S/C23H24N6O4S2.C22H21ClN6O4S2.C22H27ClN6O3S2/c1-10-8-13-6-4-5-7-14(13)11(2)17(10)27-21(33)18-12(3)25-23(34-18)28-22-16(20(32)29-35-22)19(24)26-15(31)9-30;1-9-7-12(6-5-11-3-4-11)8-13(23)15(9)26-19(31)16-10(2)25-21(34-16)28-20-14(18(30)29-35-20)17(24)27-22(32)33;1-9(2)13-6-10(3)16(14(23)7-13)27-20(32)17-12(5)26-22(33-17)28-21-15(19(31)29-34-21)18(24)25-8-11(4)30/h4-8,15,30-31H,9H2,1-3H3,(H2,24,26)(H,25,28)(H,27,33)(H,29,32);7-8,11,22,32-33H,3-4H2,1-2H3,(H2,24,27)(H,25,28)(H,26,31)(H,29,30);6-7,9,11,30H,8H2,1-5H3,(H2,24,25)(H,26,28)(H,27,32)(H,29,31). The van der Waals surface area contributed by atoms with E-state index in [0.29, 0.717) is 90.4 Å². The van der Waals surface area contributed by atoms with Gasteiger partial charge in [0.1, 0.15) is 63.8 Å². The second-order valence-electron chi connectivity index (χ2n) is 23.8. The molecule has 0 bridgehead atoms. The number of carbonyl (C=O) groups is 3. The number of aliphatic hydroxyl groups is 5. The number of nitrogens with two attached hydrogens (primary N) is 3. The van der Waals surface area contributed by atoms with Gasteiger partial charge in [-0.1, -0.05) is 113 Å². The SMILES string of the molecule is Cc1cc(C#CC2CC2)cc(Cl)c1NC(=O)c1sc(Nc2s[nH]c(=O)c2C(N)=NC(O)O)nc1C.Cc1cc(C(C)C)cc(Cl)c1NC(=O)c1sc(Nc2s[nH]c(=O)c2C(N)=NCC(C)O)nc1C.Cc1cc2ccccc2c(C)c1NC(=O)c1sc(Nc2s[nH]c(=O)c2C(N)=NC(O)CO)nc1C. The molecule has 1 saturated carbocycles. The summed E-state index contributed by atoms with van der Waals surface area (Å²) < 4.78 is 7.66. The van der Waals surface area contributed by atoms with Crippen LogP contribution >= 0.6 is 91.8 Å². The lowest BCUT2D eigenvalue weighted by Crippen LogP contribution is -2.25. The van der Waals surface area contributed by atoms with Crippen LogP contribution in [0.1, 0.15) is 136 Å². The number of fused-ring (bicyclic) bond motifs is 1. The number of nitrogens with zero attached hydrogens (tertiary/aromatic N) is 6. The molecule has 2 unspecified atom stereocenters. The first-order valence-corrected chi connectivity index (χ1v) is 37.2. The fourth-order valence-electron chi connectivity index (χ4n) is 9.96. The number of aryl methyl sites for hydroxylation is 7. The highest BCUT2D eigenvalue weighted by molar-refractivity contribution is 7.19. The molecule has 37 heteroatoms. The van der Waals surface area contributed by atoms with Gasteiger partial charge in [0.2, 0.25) is 0 Å². The summed E-state index contributed by atoms with van der Waals surface area (Å²) in [5.41, 5.74) is 25.0. The minimum atomic E-state index is -2.06. The lowest BCUT2D eigenvalue weighted by atomic mass is 9.99. The van der Waals surface area contributed by atoms with E-state index in [1.807, 2.05) is 76.2 Å². The number of benzene rings is 4. The summed E-state index contributed by atoms with van der Waals surface area (Å²) in [6.45, 7) is 18.0. The zero-order valence-corrected chi connectivity index (χ0v) is 63.6. The molecule has 1 fully saturated rings. The fraction of sp³-hybridized carbons (Fsp3) is 0.284. The normalized spacial score (nSPS) is 13.0. The number of amides is 3. The summed E-state index contributed by atoms with van der Waals surface area (Å²) in [4.78, 5) is 101. The second kappa shape index (κ2) is 34.4. The highest BCUT2D eigenvalue weighted by Crippen LogP contribution is 2.37. The molecule has 0 aliphatic heterocycles. The van der Waals surface area contributed by atoms with Crippen LogP contribution in [0.5, 0.6) is 0 Å². The van der Waals surface area contributed by atoms with Crippen molar-refractivity contribution in [3.8, 4) is 11.8 Å². The minimum absolute atomic E-state index is 0.00658. The van der Waals surface area contributed by atoms with Crippen molar-refractivity contribution in [1.29, 1.82) is 0 Å². The van der Waals surface area contributed by atoms with Gasteiger partial charge in [-0.15, -0.1) is 0 Å². The van der Waals surface area contributed by atoms with Crippen molar-refractivity contribution in [2.75, 3.05) is 45.1 Å². The first kappa shape index (κ1) is 78.6. The molecule has 104 heavy (non-hydrogen) atoms. The number of aliphatic imine (C=N–C) groups is 3. The number of amidine groups is 3. The highest BCUT2D eigenvalue weighted by atomic mass is 35.5. The number of halogens is 2. The number of aliphatic hydroxyl groups excluding tert-OH is 4. The van der Waals surface area contributed by atoms with Crippen molar-refractivity contribution >= 4 is 185 Å². The third-order valence-corrected chi connectivity index (χ3v) is 21.5. The Balaban J connectivity index is 0.000000181. The maximum Gasteiger partial charge on any atom is 0.271 e. The summed E-state index contributed by atoms with van der Waals surface area (Å²) in [7, 11) is 0. The molecule has 6 aromatic heterocycles. The topological polar surface area (TPSA) is 477 Å². The molecule has 1 aliphatic rings. The number of H-pyrrole nitrogens is 3. The number of aromatic nitrogens is 6. The van der Waals surface area contributed by atoms with Crippen molar-refractivity contribution in [1.82, 2.24) is 28.1 Å². The average Bonchev–Trinajstić information content (AvgIpc) is 1.66. The second-order valence-corrected chi connectivity index (χ2v) is 30.1. The van der Waals surface area contributed by atoms with Crippen LogP contribution in [0, 0.1) is 66.2 Å². The summed E-state index contributed by atoms with van der Waals surface area (Å²) in [6, 6.07) is 17.5. The fourth-order valence-corrected chi connectivity index (χ4v) is 15.6. The molecule has 10 aromatic rings. The number of aromatic amines is 3. The van der Waals surface area contributed by atoms with Crippen LogP contribution < -0.4 is 65.8 Å². The van der Waals surface area contributed by atoms with Gasteiger partial charge in [0.15, 0.2) is 21.6 Å². The van der Waals surface area contributed by atoms with Gasteiger partial charge < -0.3 is 74.6 Å². The predicted octanol–water partition coefficient (Wildman–Crippen LogP) is 10.2. The van der Waals surface area contributed by atoms with Crippen LogP contribution in [0.4, 0.5) is 47.5 Å². The monoisotopic (exact) mass is 1570 g/mol. The Bertz CT molecular complexity index is 5210. The zero-order chi connectivity index (χ0) is 75.7. The Morgan fingerprint density at radius 2 is 1.04 bits per heavy atom. The zero-order valence-electron chi connectivity index (χ0n) is 57.2. The van der Waals surface area contributed by atoms with E-state index in [-0.39, 0.29) is 63.5 Å². The molecule has 2 atom stereocenters. The molecule has 11 rings (SSSR count). The molecule has 0 spiro atoms. The summed E-state index contributed by atoms with van der Waals surface area (Å²) in [5.74, 6) is 5.53. The van der Waals surface area contributed by atoms with E-state index >= 15 is 0 Å². The van der Waals surface area contributed by atoms with Gasteiger partial charge in [-0.3, -0.25) is 46.9 Å². The van der Waals surface area contributed by atoms with Gasteiger partial charge in [0.25, 0.3) is 40.8 Å². The molecular weight excluding hydrogens is 1500 g/mol. The Kier molecular flexibility index (Phi) is 26.0. The molecule has 29 nitrogen and oxygen atoms in total. The smallest absolute Gasteiger partial charge is 0.271 e. The van der Waals surface area contributed by atoms with E-state index in [0.717, 1.165) is 131 Å². The number of nitrogens with one attached hydrogen (secondary N) is 9. The summed E-state index contributed by atoms with van der Waals surface area (Å²) in [6.07, 6.45) is -1.92. The molecule has 0 radical (unpaired) electrons. The van der Waals surface area contributed by atoms with Gasteiger partial charge in [0, 0.05) is 17.2 Å². The molecule has 6 heterocycles. The van der Waals surface area contributed by atoms with Crippen molar-refractivity contribution in [3.63, 3.8) is 0 Å². The first-order valence-electron chi connectivity index (χ1n) is 31.5. The first-order chi connectivity index (χ1) is 49.3. The van der Waals surface area contributed by atoms with Gasteiger partial charge >= 0.3 is 0 Å².